The summed E-state index contributed by atoms with van der Waals surface area (Å²) in [5, 5.41) is 4.12. The van der Waals surface area contributed by atoms with Gasteiger partial charge in [-0.1, -0.05) is 48.5 Å². The highest BCUT2D eigenvalue weighted by atomic mass is 16.1. The van der Waals surface area contributed by atoms with Gasteiger partial charge >= 0.3 is 0 Å². The molecule has 4 heteroatoms. The maximum absolute atomic E-state index is 12.6. The Kier molecular flexibility index (Phi) is 5.59. The van der Waals surface area contributed by atoms with Gasteiger partial charge in [0, 0.05) is 41.1 Å². The molecule has 0 aliphatic carbocycles. The minimum atomic E-state index is -0.101. The monoisotopic (exact) mass is 421 g/mol. The number of rotatable bonds is 5. The Labute approximate surface area is 188 Å². The van der Waals surface area contributed by atoms with Crippen LogP contribution in [-0.4, -0.2) is 24.0 Å². The van der Waals surface area contributed by atoms with Crippen molar-refractivity contribution in [2.75, 3.05) is 23.3 Å². The predicted molar refractivity (Wildman–Crippen MR) is 131 cm³/mol. The van der Waals surface area contributed by atoms with E-state index in [1.165, 1.54) is 17.7 Å². The Balaban J connectivity index is 1.40. The Morgan fingerprint density at radius 1 is 1.00 bits per heavy atom. The molecule has 3 aromatic carbocycles. The van der Waals surface area contributed by atoms with Gasteiger partial charge in [0.2, 0.25) is 0 Å². The summed E-state index contributed by atoms with van der Waals surface area (Å²) in [5.41, 5.74) is 6.03. The van der Waals surface area contributed by atoms with E-state index in [2.05, 4.69) is 52.7 Å². The summed E-state index contributed by atoms with van der Waals surface area (Å²) in [7, 11) is 0. The highest BCUT2D eigenvalue weighted by Gasteiger charge is 2.24. The van der Waals surface area contributed by atoms with Crippen molar-refractivity contribution in [3.8, 4) is 0 Å². The van der Waals surface area contributed by atoms with E-state index >= 15 is 0 Å². The molecule has 2 heterocycles. The molecule has 5 rings (SSSR count). The van der Waals surface area contributed by atoms with Gasteiger partial charge in [0.25, 0.3) is 5.91 Å². The zero-order valence-electron chi connectivity index (χ0n) is 18.3. The fraction of sp³-hybridized carbons (Fsp3) is 0.214. The third-order valence-electron chi connectivity index (χ3n) is 6.20. The molecule has 1 N–H and O–H groups in total. The molecule has 1 aliphatic rings. The van der Waals surface area contributed by atoms with Crippen LogP contribution in [0.3, 0.4) is 0 Å². The van der Waals surface area contributed by atoms with Crippen LogP contribution in [0.4, 0.5) is 11.4 Å². The molecule has 1 atom stereocenters. The van der Waals surface area contributed by atoms with E-state index < -0.39 is 0 Å². The molecule has 32 heavy (non-hydrogen) atoms. The van der Waals surface area contributed by atoms with Gasteiger partial charge in [-0.15, -0.1) is 0 Å². The molecule has 4 nitrogen and oxygen atoms in total. The normalized spacial score (nSPS) is 15.8. The van der Waals surface area contributed by atoms with Gasteiger partial charge in [0.1, 0.15) is 0 Å². The number of fused-ring (bicyclic) bond motifs is 1. The molecule has 1 amide bonds. The first-order valence-corrected chi connectivity index (χ1v) is 11.2. The lowest BCUT2D eigenvalue weighted by Gasteiger charge is -2.22. The molecule has 0 spiro atoms. The van der Waals surface area contributed by atoms with Gasteiger partial charge in [-0.25, -0.2) is 0 Å². The van der Waals surface area contributed by atoms with Crippen molar-refractivity contribution in [1.29, 1.82) is 0 Å². The fourth-order valence-corrected chi connectivity index (χ4v) is 4.63. The van der Waals surface area contributed by atoms with Gasteiger partial charge in [-0.2, -0.15) is 0 Å². The molecule has 160 valence electrons. The summed E-state index contributed by atoms with van der Waals surface area (Å²) < 4.78 is 0. The Bertz CT molecular complexity index is 1240. The average molecular weight is 422 g/mol. The van der Waals surface area contributed by atoms with Crippen LogP contribution in [0.1, 0.15) is 28.0 Å². The van der Waals surface area contributed by atoms with Crippen LogP contribution in [-0.2, 0) is 6.42 Å². The van der Waals surface area contributed by atoms with Crippen molar-refractivity contribution in [3.05, 3.63) is 102 Å². The predicted octanol–water partition coefficient (Wildman–Crippen LogP) is 5.86. The van der Waals surface area contributed by atoms with E-state index in [1.54, 1.807) is 0 Å². The van der Waals surface area contributed by atoms with Gasteiger partial charge in [-0.05, 0) is 67.6 Å². The maximum Gasteiger partial charge on any atom is 0.255 e. The summed E-state index contributed by atoms with van der Waals surface area (Å²) >= 11 is 0. The Hall–Kier alpha value is -3.66. The average Bonchev–Trinajstić information content (AvgIpc) is 3.28. The number of hydrogen-bond acceptors (Lipinski definition) is 3. The minimum absolute atomic E-state index is 0.101. The third kappa shape index (κ3) is 4.35. The van der Waals surface area contributed by atoms with Crippen LogP contribution in [0.2, 0.25) is 0 Å². The van der Waals surface area contributed by atoms with Crippen molar-refractivity contribution in [3.63, 3.8) is 0 Å². The minimum Gasteiger partial charge on any atom is -0.371 e. The number of nitrogens with zero attached hydrogens (tertiary/aromatic N) is 2. The number of carbonyl (C=O) groups excluding carboxylic acids is 1. The lowest BCUT2D eigenvalue weighted by atomic mass is 9.99. The second-order valence-corrected chi connectivity index (χ2v) is 8.63. The molecule has 0 bridgehead atoms. The first-order valence-electron chi connectivity index (χ1n) is 11.2. The summed E-state index contributed by atoms with van der Waals surface area (Å²) in [4.78, 5) is 19.8. The molecule has 1 aliphatic heterocycles. The number of benzene rings is 3. The highest BCUT2D eigenvalue weighted by Crippen LogP contribution is 2.33. The molecule has 0 radical (unpaired) electrons. The first kappa shape index (κ1) is 20.3. The lowest BCUT2D eigenvalue weighted by molar-refractivity contribution is 0.102. The Morgan fingerprint density at radius 2 is 1.75 bits per heavy atom. The molecular weight excluding hydrogens is 394 g/mol. The fourth-order valence-electron chi connectivity index (χ4n) is 4.63. The smallest absolute Gasteiger partial charge is 0.255 e. The number of carbonyl (C=O) groups is 1. The number of pyridine rings is 1. The van der Waals surface area contributed by atoms with Crippen molar-refractivity contribution in [1.82, 2.24) is 4.98 Å². The van der Waals surface area contributed by atoms with Gasteiger partial charge in [0.15, 0.2) is 0 Å². The van der Waals surface area contributed by atoms with Crippen LogP contribution in [0.5, 0.6) is 0 Å². The molecule has 1 saturated heterocycles. The summed E-state index contributed by atoms with van der Waals surface area (Å²) in [6, 6.07) is 28.2. The molecule has 1 aromatic heterocycles. The second kappa shape index (κ2) is 8.83. The van der Waals surface area contributed by atoms with Crippen molar-refractivity contribution < 1.29 is 4.79 Å². The lowest BCUT2D eigenvalue weighted by Crippen LogP contribution is -2.21. The Morgan fingerprint density at radius 3 is 2.53 bits per heavy atom. The summed E-state index contributed by atoms with van der Waals surface area (Å²) in [6.45, 7) is 4.12. The van der Waals surface area contributed by atoms with E-state index in [1.807, 2.05) is 49.4 Å². The largest absolute Gasteiger partial charge is 0.371 e. The second-order valence-electron chi connectivity index (χ2n) is 8.63. The molecule has 1 fully saturated rings. The number of nitrogens with one attached hydrogen (secondary N) is 1. The van der Waals surface area contributed by atoms with E-state index in [9.17, 15) is 4.79 Å². The van der Waals surface area contributed by atoms with Gasteiger partial charge < -0.3 is 10.2 Å². The van der Waals surface area contributed by atoms with E-state index in [-0.39, 0.29) is 5.91 Å². The molecule has 0 saturated carbocycles. The zero-order chi connectivity index (χ0) is 21.9. The molecular formula is C28H27N3O. The highest BCUT2D eigenvalue weighted by molar-refractivity contribution is 6.05. The number of amides is 1. The first-order chi connectivity index (χ1) is 15.7. The van der Waals surface area contributed by atoms with Crippen LogP contribution in [0, 0.1) is 12.8 Å². The van der Waals surface area contributed by atoms with Crippen LogP contribution < -0.4 is 10.2 Å². The maximum atomic E-state index is 12.6. The van der Waals surface area contributed by atoms with Crippen LogP contribution in [0.15, 0.2) is 84.9 Å². The topological polar surface area (TPSA) is 45.2 Å². The van der Waals surface area contributed by atoms with Crippen LogP contribution in [0.25, 0.3) is 10.9 Å². The van der Waals surface area contributed by atoms with Crippen molar-refractivity contribution in [2.45, 2.75) is 19.8 Å². The summed E-state index contributed by atoms with van der Waals surface area (Å²) in [5.74, 6) is 0.539. The number of anilines is 2. The third-order valence-corrected chi connectivity index (χ3v) is 6.20. The quantitative estimate of drug-likeness (QED) is 0.439. The van der Waals surface area contributed by atoms with E-state index in [4.69, 9.17) is 4.98 Å². The van der Waals surface area contributed by atoms with Gasteiger partial charge in [0.05, 0.1) is 5.52 Å². The molecule has 1 unspecified atom stereocenters. The van der Waals surface area contributed by atoms with Gasteiger partial charge in [-0.3, -0.25) is 9.78 Å². The zero-order valence-corrected chi connectivity index (χ0v) is 18.3. The van der Waals surface area contributed by atoms with Crippen LogP contribution >= 0.6 is 0 Å². The SMILES string of the molecule is Cc1cc(N2CCC(Cc3ccccc3)C2)c2cc(NC(=O)c3ccccc3)ccc2n1. The summed E-state index contributed by atoms with van der Waals surface area (Å²) in [6.07, 6.45) is 2.29. The number of aryl methyl sites for hydroxylation is 1. The number of hydrogen-bond donors (Lipinski definition) is 1. The van der Waals surface area contributed by atoms with E-state index in [0.717, 1.165) is 41.8 Å². The van der Waals surface area contributed by atoms with Crippen molar-refractivity contribution >= 4 is 28.2 Å². The van der Waals surface area contributed by atoms with E-state index in [0.29, 0.717) is 11.5 Å². The van der Waals surface area contributed by atoms with Crippen molar-refractivity contribution in [2.24, 2.45) is 5.92 Å². The number of aromatic nitrogens is 1. The molecule has 4 aromatic rings. The standard InChI is InChI=1S/C28H27N3O/c1-20-16-27(31-15-14-22(19-31)17-21-8-4-2-5-9-21)25-18-24(12-13-26(25)29-20)30-28(32)23-10-6-3-7-11-23/h2-13,16,18,22H,14-15,17,19H2,1H3,(H,30,32).